The van der Waals surface area contributed by atoms with Gasteiger partial charge in [-0.3, -0.25) is 9.98 Å². The Hall–Kier alpha value is -2.68. The number of hydrogen-bond donors (Lipinski definition) is 1. The van der Waals surface area contributed by atoms with E-state index < -0.39 is 4.99 Å². The third kappa shape index (κ3) is 4.98. The van der Waals surface area contributed by atoms with Crippen LogP contribution in [0, 0.1) is 0 Å². The molecule has 0 bridgehead atoms. The molecule has 33 heavy (non-hydrogen) atoms. The van der Waals surface area contributed by atoms with Crippen molar-refractivity contribution in [3.05, 3.63) is 47.7 Å². The Labute approximate surface area is 202 Å². The van der Waals surface area contributed by atoms with Crippen LogP contribution in [0.5, 0.6) is 5.75 Å². The fourth-order valence-corrected chi connectivity index (χ4v) is 5.22. The molecule has 3 heterocycles. The van der Waals surface area contributed by atoms with E-state index in [0.717, 1.165) is 53.2 Å². The Bertz CT molecular complexity index is 1210. The number of likely N-dealkylation sites (tertiary alicyclic amines) is 1. The molecule has 2 aliphatic heterocycles. The topological polar surface area (TPSA) is 75.0 Å². The van der Waals surface area contributed by atoms with Crippen molar-refractivity contribution in [1.82, 2.24) is 14.9 Å². The Morgan fingerprint density at radius 1 is 1.12 bits per heavy atom. The Morgan fingerprint density at radius 2 is 1.91 bits per heavy atom. The molecule has 0 saturated carbocycles. The van der Waals surface area contributed by atoms with E-state index >= 15 is 0 Å². The summed E-state index contributed by atoms with van der Waals surface area (Å²) < 4.78 is 6.42. The molecule has 0 radical (unpaired) electrons. The van der Waals surface area contributed by atoms with E-state index in [1.54, 1.807) is 18.8 Å². The van der Waals surface area contributed by atoms with Gasteiger partial charge < -0.3 is 15.0 Å². The first kappa shape index (κ1) is 22.1. The van der Waals surface area contributed by atoms with E-state index in [0.29, 0.717) is 10.8 Å². The fourth-order valence-electron chi connectivity index (χ4n) is 3.99. The lowest BCUT2D eigenvalue weighted by Crippen LogP contribution is -2.35. The monoisotopic (exact) mass is 480 g/mol. The number of nitrogens with zero attached hydrogens (tertiary/aromatic N) is 5. The van der Waals surface area contributed by atoms with Gasteiger partial charge in [-0.2, -0.15) is 0 Å². The van der Waals surface area contributed by atoms with E-state index in [1.807, 2.05) is 43.3 Å². The van der Waals surface area contributed by atoms with E-state index in [-0.39, 0.29) is 6.10 Å². The number of rotatable bonds is 6. The summed E-state index contributed by atoms with van der Waals surface area (Å²) in [5.41, 5.74) is 1.67. The molecule has 2 aromatic carbocycles. The van der Waals surface area contributed by atoms with Crippen LogP contribution in [-0.2, 0) is 0 Å². The maximum atomic E-state index is 6.60. The maximum Gasteiger partial charge on any atom is 0.198 e. The van der Waals surface area contributed by atoms with Crippen LogP contribution in [0.2, 0.25) is 5.02 Å². The van der Waals surface area contributed by atoms with Crippen molar-refractivity contribution in [2.45, 2.75) is 35.8 Å². The number of nitrogens with one attached hydrogen (secondary N) is 1. The van der Waals surface area contributed by atoms with Gasteiger partial charge in [0.25, 0.3) is 0 Å². The lowest BCUT2D eigenvalue weighted by molar-refractivity contribution is 0.116. The number of aromatic nitrogens is 2. The second-order valence-electron chi connectivity index (χ2n) is 8.36. The summed E-state index contributed by atoms with van der Waals surface area (Å²) in [7, 11) is 2.15. The Kier molecular flexibility index (Phi) is 6.23. The molecule has 0 aliphatic carbocycles. The van der Waals surface area contributed by atoms with Gasteiger partial charge in [-0.15, -0.1) is 0 Å². The summed E-state index contributed by atoms with van der Waals surface area (Å²) in [5, 5.41) is 4.91. The van der Waals surface area contributed by atoms with Crippen LogP contribution in [0.4, 0.5) is 11.5 Å². The van der Waals surface area contributed by atoms with Crippen LogP contribution in [0.3, 0.4) is 0 Å². The van der Waals surface area contributed by atoms with Crippen LogP contribution in [0.1, 0.15) is 19.8 Å². The van der Waals surface area contributed by atoms with Gasteiger partial charge in [0.2, 0.25) is 0 Å². The molecule has 0 spiro atoms. The van der Waals surface area contributed by atoms with Crippen molar-refractivity contribution in [2.24, 2.45) is 9.98 Å². The minimum absolute atomic E-state index is 0.188. The lowest BCUT2D eigenvalue weighted by Gasteiger charge is -2.29. The quantitative estimate of drug-likeness (QED) is 0.507. The van der Waals surface area contributed by atoms with Gasteiger partial charge in [-0.25, -0.2) is 9.97 Å². The maximum absolute atomic E-state index is 6.60. The standard InChI is InChI=1S/C24H25ClN6OS/c1-24(28-10-11-29-24)33-21-7-6-16(14-18(21)25)30-23-22-19(26-15-27-23)4-3-5-20(22)32-17-8-12-31(2)13-9-17/h3-7,10-11,14-15,17H,8-9,12-13H2,1-2H3,(H,26,27,30). The number of ether oxygens (including phenoxy) is 1. The van der Waals surface area contributed by atoms with Crippen LogP contribution in [-0.4, -0.2) is 58.5 Å². The van der Waals surface area contributed by atoms with Gasteiger partial charge in [-0.1, -0.05) is 29.4 Å². The molecule has 9 heteroatoms. The fraction of sp³-hybridized carbons (Fsp3) is 0.333. The number of piperidine rings is 1. The van der Waals surface area contributed by atoms with E-state index in [1.165, 1.54) is 11.8 Å². The van der Waals surface area contributed by atoms with Gasteiger partial charge in [0.05, 0.1) is 15.9 Å². The van der Waals surface area contributed by atoms with Crippen molar-refractivity contribution in [3.63, 3.8) is 0 Å². The third-order valence-electron chi connectivity index (χ3n) is 5.78. The van der Waals surface area contributed by atoms with E-state index in [2.05, 4.69) is 37.2 Å². The third-order valence-corrected chi connectivity index (χ3v) is 7.37. The van der Waals surface area contributed by atoms with Crippen LogP contribution in [0.15, 0.2) is 57.6 Å². The first-order valence-electron chi connectivity index (χ1n) is 10.9. The number of thioether (sulfide) groups is 1. The Balaban J connectivity index is 1.40. The average Bonchev–Trinajstić information content (AvgIpc) is 3.24. The summed E-state index contributed by atoms with van der Waals surface area (Å²) in [4.78, 5) is 20.4. The van der Waals surface area contributed by atoms with Gasteiger partial charge in [0.15, 0.2) is 4.99 Å². The molecule has 5 rings (SSSR count). The van der Waals surface area contributed by atoms with Gasteiger partial charge in [0, 0.05) is 36.1 Å². The molecule has 2 aliphatic rings. The number of aliphatic imine (C=N–C) groups is 2. The number of halogens is 1. The average molecular weight is 481 g/mol. The first-order chi connectivity index (χ1) is 16.0. The molecule has 0 atom stereocenters. The number of fused-ring (bicyclic) bond motifs is 1. The normalized spacial score (nSPS) is 18.2. The predicted molar refractivity (Wildman–Crippen MR) is 137 cm³/mol. The summed E-state index contributed by atoms with van der Waals surface area (Å²) in [6, 6.07) is 11.8. The van der Waals surface area contributed by atoms with Crippen molar-refractivity contribution in [1.29, 1.82) is 0 Å². The van der Waals surface area contributed by atoms with Crippen LogP contribution < -0.4 is 10.1 Å². The molecule has 1 aromatic heterocycles. The summed E-state index contributed by atoms with van der Waals surface area (Å²) in [5.74, 6) is 1.49. The highest BCUT2D eigenvalue weighted by molar-refractivity contribution is 8.00. The van der Waals surface area contributed by atoms with Crippen molar-refractivity contribution in [2.75, 3.05) is 25.5 Å². The molecule has 7 nitrogen and oxygen atoms in total. The second kappa shape index (κ2) is 9.29. The molecular weight excluding hydrogens is 456 g/mol. The second-order valence-corrected chi connectivity index (χ2v) is 10.2. The highest BCUT2D eigenvalue weighted by Gasteiger charge is 2.26. The van der Waals surface area contributed by atoms with Crippen molar-refractivity contribution >= 4 is 58.2 Å². The van der Waals surface area contributed by atoms with Crippen molar-refractivity contribution in [3.8, 4) is 5.75 Å². The molecule has 0 amide bonds. The van der Waals surface area contributed by atoms with Crippen LogP contribution in [0.25, 0.3) is 10.9 Å². The molecular formula is C24H25ClN6OS. The molecule has 170 valence electrons. The summed E-state index contributed by atoms with van der Waals surface area (Å²) in [6.07, 6.45) is 7.18. The largest absolute Gasteiger partial charge is 0.489 e. The summed E-state index contributed by atoms with van der Waals surface area (Å²) in [6.45, 7) is 4.03. The van der Waals surface area contributed by atoms with Gasteiger partial charge in [0.1, 0.15) is 24.0 Å². The van der Waals surface area contributed by atoms with Crippen molar-refractivity contribution < 1.29 is 4.74 Å². The molecule has 3 aromatic rings. The number of hydrogen-bond acceptors (Lipinski definition) is 8. The molecule has 1 N–H and O–H groups in total. The van der Waals surface area contributed by atoms with E-state index in [9.17, 15) is 0 Å². The molecule has 1 fully saturated rings. The van der Waals surface area contributed by atoms with Crippen LogP contribution >= 0.6 is 23.4 Å². The smallest absolute Gasteiger partial charge is 0.198 e. The zero-order chi connectivity index (χ0) is 22.8. The Morgan fingerprint density at radius 3 is 2.67 bits per heavy atom. The van der Waals surface area contributed by atoms with E-state index in [4.69, 9.17) is 16.3 Å². The van der Waals surface area contributed by atoms with Gasteiger partial charge >= 0.3 is 0 Å². The number of anilines is 2. The molecule has 0 unspecified atom stereocenters. The molecule has 1 saturated heterocycles. The lowest BCUT2D eigenvalue weighted by atomic mass is 10.1. The van der Waals surface area contributed by atoms with Gasteiger partial charge in [-0.05, 0) is 57.1 Å². The predicted octanol–water partition coefficient (Wildman–Crippen LogP) is 5.42. The number of benzene rings is 2. The zero-order valence-corrected chi connectivity index (χ0v) is 20.1. The SMILES string of the molecule is CN1CCC(Oc2cccc3ncnc(Nc4ccc(SC5(C)N=CC=N5)c(Cl)c4)c23)CC1. The highest BCUT2D eigenvalue weighted by atomic mass is 35.5. The highest BCUT2D eigenvalue weighted by Crippen LogP contribution is 2.41. The minimum Gasteiger partial charge on any atom is -0.489 e. The zero-order valence-electron chi connectivity index (χ0n) is 18.5. The minimum atomic E-state index is -0.568. The first-order valence-corrected chi connectivity index (χ1v) is 12.1. The summed E-state index contributed by atoms with van der Waals surface area (Å²) >= 11 is 8.12.